The third-order valence-corrected chi connectivity index (χ3v) is 8.96. The van der Waals surface area contributed by atoms with Crippen molar-refractivity contribution in [2.75, 3.05) is 12.4 Å². The number of para-hydroxylation sites is 1. The maximum absolute atomic E-state index is 13.7. The number of hydrogen-bond acceptors (Lipinski definition) is 12. The lowest BCUT2D eigenvalue weighted by Gasteiger charge is -2.28. The summed E-state index contributed by atoms with van der Waals surface area (Å²) in [6.07, 6.45) is 0.802. The second-order valence-corrected chi connectivity index (χ2v) is 13.1. The van der Waals surface area contributed by atoms with Crippen molar-refractivity contribution < 1.29 is 59.0 Å². The van der Waals surface area contributed by atoms with Crippen molar-refractivity contribution in [3.63, 3.8) is 0 Å². The van der Waals surface area contributed by atoms with Gasteiger partial charge in [-0.3, -0.25) is 33.6 Å². The Bertz CT molecular complexity index is 2340. The highest BCUT2D eigenvalue weighted by Gasteiger charge is 2.41. The number of ether oxygens (including phenoxy) is 2. The van der Waals surface area contributed by atoms with E-state index in [1.807, 2.05) is 18.2 Å². The largest absolute Gasteiger partial charge is 0.497 e. The number of carbonyl (C=O) groups is 5. The summed E-state index contributed by atoms with van der Waals surface area (Å²) in [7, 11) is 1.59. The molecule has 2 aromatic carbocycles. The zero-order valence-electron chi connectivity index (χ0n) is 31.1. The van der Waals surface area contributed by atoms with Gasteiger partial charge in [-0.15, -0.1) is 0 Å². The number of nitrogens with one attached hydrogen (secondary N) is 1. The standard InChI is InChI=1S/C32H32N6O6.C6H8O7/c1-19(32(3,33)31(41)42)18-37-20(2)28(30(40)38(37)21-8-6-5-7-9-21)29(39)36-27-13-11-23(17-35-27)44-26-14-15-34-25-16-22(43-4)10-12-24(25)26;7-3(8)1-6(13,5(11)12)2-4(9)10/h5-17,19H,18,33H2,1-4H3,(H,41,42)(H,35,36,39);13H,1-2H2,(H,7,8)(H,9,10)(H,11,12)/t19-,32+;/m1./s1. The number of nitrogens with zero attached hydrogens (tertiary/aromatic N) is 4. The summed E-state index contributed by atoms with van der Waals surface area (Å²) in [5.41, 5.74) is 2.69. The van der Waals surface area contributed by atoms with E-state index in [0.29, 0.717) is 34.1 Å². The van der Waals surface area contributed by atoms with Gasteiger partial charge in [0.2, 0.25) is 0 Å². The number of hydrogen-bond donors (Lipinski definition) is 7. The molecule has 0 aliphatic carbocycles. The molecule has 1 amide bonds. The molecule has 3 aromatic heterocycles. The minimum atomic E-state index is -2.74. The Morgan fingerprint density at radius 1 is 0.895 bits per heavy atom. The molecule has 19 heteroatoms. The lowest BCUT2D eigenvalue weighted by molar-refractivity contribution is -0.170. The number of fused-ring (bicyclic) bond motifs is 1. The van der Waals surface area contributed by atoms with Gasteiger partial charge in [0.05, 0.1) is 43.0 Å². The van der Waals surface area contributed by atoms with Crippen LogP contribution >= 0.6 is 0 Å². The molecule has 3 heterocycles. The molecular weight excluding hydrogens is 748 g/mol. The first kappa shape index (κ1) is 42.6. The van der Waals surface area contributed by atoms with Gasteiger partial charge in [0.1, 0.15) is 34.2 Å². The van der Waals surface area contributed by atoms with Crippen LogP contribution in [0, 0.1) is 12.8 Å². The molecule has 57 heavy (non-hydrogen) atoms. The van der Waals surface area contributed by atoms with Crippen LogP contribution in [-0.2, 0) is 25.7 Å². The van der Waals surface area contributed by atoms with Crippen molar-refractivity contribution in [3.05, 3.63) is 101 Å². The second-order valence-electron chi connectivity index (χ2n) is 13.1. The smallest absolute Gasteiger partial charge is 0.336 e. The van der Waals surface area contributed by atoms with E-state index < -0.39 is 65.2 Å². The monoisotopic (exact) mass is 788 g/mol. The molecule has 0 aliphatic heterocycles. The van der Waals surface area contributed by atoms with Crippen LogP contribution < -0.4 is 26.1 Å². The first-order chi connectivity index (χ1) is 26.8. The molecule has 0 radical (unpaired) electrons. The third kappa shape index (κ3) is 9.96. The summed E-state index contributed by atoms with van der Waals surface area (Å²) in [5, 5.41) is 46.9. The van der Waals surface area contributed by atoms with Crippen LogP contribution in [0.5, 0.6) is 17.2 Å². The van der Waals surface area contributed by atoms with Crippen LogP contribution in [0.4, 0.5) is 5.82 Å². The Balaban J connectivity index is 0.000000476. The van der Waals surface area contributed by atoms with Crippen molar-refractivity contribution in [3.8, 4) is 22.9 Å². The molecule has 0 saturated carbocycles. The number of anilines is 1. The number of amides is 1. The number of carbonyl (C=O) groups excluding carboxylic acids is 1. The highest BCUT2D eigenvalue weighted by molar-refractivity contribution is 6.04. The van der Waals surface area contributed by atoms with E-state index >= 15 is 0 Å². The maximum Gasteiger partial charge on any atom is 0.336 e. The van der Waals surface area contributed by atoms with Gasteiger partial charge in [0, 0.05) is 30.1 Å². The summed E-state index contributed by atoms with van der Waals surface area (Å²) < 4.78 is 14.2. The number of aliphatic hydroxyl groups is 1. The Hall–Kier alpha value is -7.12. The molecule has 2 atom stereocenters. The second kappa shape index (κ2) is 17.6. The van der Waals surface area contributed by atoms with Gasteiger partial charge in [-0.1, -0.05) is 25.1 Å². The molecule has 300 valence electrons. The van der Waals surface area contributed by atoms with Crippen LogP contribution in [0.2, 0.25) is 0 Å². The predicted molar refractivity (Wildman–Crippen MR) is 202 cm³/mol. The molecule has 0 fully saturated rings. The predicted octanol–water partition coefficient (Wildman–Crippen LogP) is 3.13. The summed E-state index contributed by atoms with van der Waals surface area (Å²) in [6.45, 7) is 4.82. The van der Waals surface area contributed by atoms with Gasteiger partial charge in [-0.2, -0.15) is 0 Å². The number of rotatable bonds is 15. The van der Waals surface area contributed by atoms with E-state index in [2.05, 4.69) is 15.3 Å². The SMILES string of the molecule is COc1ccc2c(Oc3ccc(NC(=O)c4c(C)n(C[C@@H](C)[C@](C)(N)C(=O)O)n(-c5ccccc5)c4=O)nc3)ccnc2c1.O=C(O)CC(O)(CC(=O)O)C(=O)O. The molecule has 0 aliphatic rings. The average Bonchev–Trinajstić information content (AvgIpc) is 3.39. The van der Waals surface area contributed by atoms with Gasteiger partial charge < -0.3 is 46.1 Å². The van der Waals surface area contributed by atoms with Crippen LogP contribution in [0.15, 0.2) is 83.9 Å². The zero-order valence-corrected chi connectivity index (χ0v) is 31.1. The lowest BCUT2D eigenvalue weighted by atomic mass is 9.88. The summed E-state index contributed by atoms with van der Waals surface area (Å²) in [5.74, 6) is -5.56. The fourth-order valence-corrected chi connectivity index (χ4v) is 5.47. The minimum Gasteiger partial charge on any atom is -0.497 e. The molecule has 19 nitrogen and oxygen atoms in total. The van der Waals surface area contributed by atoms with Gasteiger partial charge in [0.25, 0.3) is 11.5 Å². The van der Waals surface area contributed by atoms with Gasteiger partial charge in [0.15, 0.2) is 5.60 Å². The molecule has 0 saturated heterocycles. The Morgan fingerprint density at radius 2 is 1.53 bits per heavy atom. The normalized spacial score (nSPS) is 12.7. The van der Waals surface area contributed by atoms with Crippen LogP contribution in [-0.4, -0.2) is 92.9 Å². The molecule has 5 aromatic rings. The quantitative estimate of drug-likeness (QED) is 0.0802. The minimum absolute atomic E-state index is 0.0727. The van der Waals surface area contributed by atoms with Crippen molar-refractivity contribution >= 4 is 46.5 Å². The molecule has 0 unspecified atom stereocenters. The molecular formula is C38H40N6O13. The molecule has 0 bridgehead atoms. The van der Waals surface area contributed by atoms with E-state index in [0.717, 1.165) is 5.39 Å². The van der Waals surface area contributed by atoms with Crippen molar-refractivity contribution in [1.82, 2.24) is 19.3 Å². The number of nitrogens with two attached hydrogens (primary N) is 1. The fourth-order valence-electron chi connectivity index (χ4n) is 5.47. The highest BCUT2D eigenvalue weighted by Crippen LogP contribution is 2.31. The zero-order chi connectivity index (χ0) is 42.2. The fraction of sp³-hybridized carbons (Fsp3) is 0.263. The van der Waals surface area contributed by atoms with E-state index in [-0.39, 0.29) is 17.9 Å². The molecule has 0 spiro atoms. The average molecular weight is 789 g/mol. The van der Waals surface area contributed by atoms with Crippen molar-refractivity contribution in [2.45, 2.75) is 51.3 Å². The summed E-state index contributed by atoms with van der Waals surface area (Å²) in [4.78, 5) is 78.1. The van der Waals surface area contributed by atoms with Crippen LogP contribution in [0.25, 0.3) is 16.6 Å². The van der Waals surface area contributed by atoms with E-state index in [4.69, 9.17) is 35.6 Å². The Kier molecular flexibility index (Phi) is 13.1. The first-order valence-corrected chi connectivity index (χ1v) is 17.0. The van der Waals surface area contributed by atoms with Gasteiger partial charge >= 0.3 is 23.9 Å². The summed E-state index contributed by atoms with van der Waals surface area (Å²) in [6, 6.07) is 19.2. The van der Waals surface area contributed by atoms with E-state index in [1.54, 1.807) is 80.4 Å². The van der Waals surface area contributed by atoms with E-state index in [9.17, 15) is 33.9 Å². The number of aromatic nitrogens is 4. The number of methoxy groups -OCH3 is 1. The number of carboxylic acids is 4. The first-order valence-electron chi connectivity index (χ1n) is 17.0. The number of carboxylic acid groups (broad SMARTS) is 4. The van der Waals surface area contributed by atoms with Crippen LogP contribution in [0.3, 0.4) is 0 Å². The summed E-state index contributed by atoms with van der Waals surface area (Å²) >= 11 is 0. The Morgan fingerprint density at radius 3 is 2.07 bits per heavy atom. The van der Waals surface area contributed by atoms with E-state index in [1.165, 1.54) is 17.8 Å². The Labute approximate surface area is 323 Å². The maximum atomic E-state index is 13.7. The number of pyridine rings is 2. The molecule has 5 rings (SSSR count). The topological polar surface area (TPSA) is 296 Å². The highest BCUT2D eigenvalue weighted by atomic mass is 16.5. The van der Waals surface area contributed by atoms with Gasteiger partial charge in [-0.25, -0.2) is 14.5 Å². The number of aliphatic carboxylic acids is 4. The number of benzene rings is 2. The van der Waals surface area contributed by atoms with Crippen LogP contribution in [0.1, 0.15) is 42.7 Å². The molecule has 8 N–H and O–H groups in total. The van der Waals surface area contributed by atoms with Gasteiger partial charge in [-0.05, 0) is 56.3 Å². The lowest BCUT2D eigenvalue weighted by Crippen LogP contribution is -2.52. The third-order valence-electron chi connectivity index (χ3n) is 8.96. The van der Waals surface area contributed by atoms with Crippen molar-refractivity contribution in [2.24, 2.45) is 11.7 Å². The van der Waals surface area contributed by atoms with Crippen molar-refractivity contribution in [1.29, 1.82) is 0 Å².